The van der Waals surface area contributed by atoms with E-state index >= 15 is 0 Å². The van der Waals surface area contributed by atoms with Crippen molar-refractivity contribution in [3.8, 4) is 17.4 Å². The van der Waals surface area contributed by atoms with E-state index in [1.807, 2.05) is 6.07 Å². The second-order valence-electron chi connectivity index (χ2n) is 9.16. The van der Waals surface area contributed by atoms with Crippen LogP contribution in [0.25, 0.3) is 28.2 Å². The van der Waals surface area contributed by atoms with Crippen LogP contribution in [0.5, 0.6) is 0 Å². The van der Waals surface area contributed by atoms with E-state index in [1.165, 1.54) is 49.5 Å². The number of rotatable bonds is 9. The van der Waals surface area contributed by atoms with E-state index in [2.05, 4.69) is 44.2 Å². The molecule has 1 aliphatic rings. The molecule has 2 unspecified atom stereocenters. The Balaban J connectivity index is 1.58. The van der Waals surface area contributed by atoms with Crippen LogP contribution in [0.1, 0.15) is 69.6 Å². The first kappa shape index (κ1) is 23.3. The van der Waals surface area contributed by atoms with Crippen LogP contribution in [0.3, 0.4) is 0 Å². The lowest BCUT2D eigenvalue weighted by Crippen LogP contribution is -2.13. The SMILES string of the molecule is CCCCC1(CCC)CC1c1ccc2cc(-c3ccc(C=C(C#N)S(N)(=O)=O)o3)ccc2c1. The first-order valence-corrected chi connectivity index (χ1v) is 13.1. The minimum Gasteiger partial charge on any atom is -0.457 e. The Labute approximate surface area is 196 Å². The molecule has 2 atom stereocenters. The molecule has 0 saturated heterocycles. The summed E-state index contributed by atoms with van der Waals surface area (Å²) in [7, 11) is -4.08. The highest BCUT2D eigenvalue weighted by Gasteiger charge is 2.52. The zero-order valence-corrected chi connectivity index (χ0v) is 20.0. The highest BCUT2D eigenvalue weighted by atomic mass is 32.2. The van der Waals surface area contributed by atoms with Crippen molar-refractivity contribution in [2.45, 2.75) is 58.3 Å². The average molecular weight is 463 g/mol. The molecule has 0 bridgehead atoms. The van der Waals surface area contributed by atoms with Crippen LogP contribution in [0.15, 0.2) is 57.9 Å². The van der Waals surface area contributed by atoms with Gasteiger partial charge in [0.25, 0.3) is 0 Å². The maximum atomic E-state index is 11.4. The molecule has 4 rings (SSSR count). The van der Waals surface area contributed by atoms with E-state index in [-0.39, 0.29) is 5.76 Å². The fourth-order valence-electron chi connectivity index (χ4n) is 5.05. The molecule has 0 amide bonds. The van der Waals surface area contributed by atoms with E-state index in [0.29, 0.717) is 17.1 Å². The van der Waals surface area contributed by atoms with Crippen molar-refractivity contribution in [3.05, 3.63) is 64.8 Å². The second kappa shape index (κ2) is 9.17. The molecule has 172 valence electrons. The highest BCUT2D eigenvalue weighted by molar-refractivity contribution is 7.93. The van der Waals surface area contributed by atoms with Crippen molar-refractivity contribution in [2.75, 3.05) is 0 Å². The van der Waals surface area contributed by atoms with Gasteiger partial charge in [0.05, 0.1) is 0 Å². The van der Waals surface area contributed by atoms with Crippen LogP contribution >= 0.6 is 0 Å². The Morgan fingerprint density at radius 1 is 1.12 bits per heavy atom. The van der Waals surface area contributed by atoms with Crippen LogP contribution in [0, 0.1) is 16.7 Å². The van der Waals surface area contributed by atoms with Crippen LogP contribution in [0.2, 0.25) is 0 Å². The van der Waals surface area contributed by atoms with Crippen molar-refractivity contribution in [1.29, 1.82) is 5.26 Å². The quantitative estimate of drug-likeness (QED) is 0.357. The Morgan fingerprint density at radius 3 is 2.58 bits per heavy atom. The Morgan fingerprint density at radius 2 is 1.88 bits per heavy atom. The number of hydrogen-bond donors (Lipinski definition) is 1. The summed E-state index contributed by atoms with van der Waals surface area (Å²) in [6.07, 6.45) is 8.88. The monoisotopic (exact) mass is 462 g/mol. The molecule has 2 N–H and O–H groups in total. The summed E-state index contributed by atoms with van der Waals surface area (Å²) >= 11 is 0. The van der Waals surface area contributed by atoms with Crippen molar-refractivity contribution in [1.82, 2.24) is 0 Å². The molecular formula is C27H30N2O3S. The third kappa shape index (κ3) is 4.90. The smallest absolute Gasteiger partial charge is 0.248 e. The number of nitrogens with zero attached hydrogens (tertiary/aromatic N) is 1. The average Bonchev–Trinajstić information content (AvgIpc) is 3.29. The van der Waals surface area contributed by atoms with Crippen molar-refractivity contribution in [2.24, 2.45) is 10.6 Å². The largest absolute Gasteiger partial charge is 0.457 e. The molecule has 0 spiro atoms. The molecule has 1 heterocycles. The summed E-state index contributed by atoms with van der Waals surface area (Å²) < 4.78 is 28.6. The second-order valence-corrected chi connectivity index (χ2v) is 10.7. The summed E-state index contributed by atoms with van der Waals surface area (Å²) in [5, 5.41) is 16.4. The summed E-state index contributed by atoms with van der Waals surface area (Å²) in [6, 6.07) is 17.9. The fourth-order valence-corrected chi connectivity index (χ4v) is 5.46. The van der Waals surface area contributed by atoms with Gasteiger partial charge in [-0.25, -0.2) is 13.6 Å². The zero-order valence-electron chi connectivity index (χ0n) is 19.2. The lowest BCUT2D eigenvalue weighted by molar-refractivity contribution is 0.394. The molecule has 1 saturated carbocycles. The number of benzene rings is 2. The Bertz CT molecular complexity index is 1350. The Kier molecular flexibility index (Phi) is 6.47. The molecular weight excluding hydrogens is 432 g/mol. The summed E-state index contributed by atoms with van der Waals surface area (Å²) in [6.45, 7) is 4.56. The lowest BCUT2D eigenvalue weighted by Gasteiger charge is -2.16. The standard InChI is InChI=1S/C27H30N2O3S/c1-3-5-13-27(12-4-2)17-25(27)21-8-6-20-15-22(9-7-19(20)14-21)26-11-10-23(32-26)16-24(18-28)33(29,30)31/h6-11,14-16,25H,3-5,12-13,17H2,1-2H3,(H2,29,30,31). The zero-order chi connectivity index (χ0) is 23.6. The predicted molar refractivity (Wildman–Crippen MR) is 133 cm³/mol. The van der Waals surface area contributed by atoms with E-state index in [4.69, 9.17) is 14.8 Å². The van der Waals surface area contributed by atoms with Crippen LogP contribution < -0.4 is 5.14 Å². The van der Waals surface area contributed by atoms with E-state index in [0.717, 1.165) is 17.0 Å². The predicted octanol–water partition coefficient (Wildman–Crippen LogP) is 6.72. The molecule has 1 fully saturated rings. The van der Waals surface area contributed by atoms with Gasteiger partial charge in [-0.1, -0.05) is 63.4 Å². The third-order valence-electron chi connectivity index (χ3n) is 6.83. The molecule has 0 radical (unpaired) electrons. The number of fused-ring (bicyclic) bond motifs is 1. The maximum Gasteiger partial charge on any atom is 0.248 e. The molecule has 6 heteroatoms. The third-order valence-corrected chi connectivity index (χ3v) is 7.66. The molecule has 33 heavy (non-hydrogen) atoms. The number of nitriles is 1. The summed E-state index contributed by atoms with van der Waals surface area (Å²) in [4.78, 5) is -0.535. The molecule has 0 aliphatic heterocycles. The minimum atomic E-state index is -4.08. The van der Waals surface area contributed by atoms with Gasteiger partial charge < -0.3 is 4.42 Å². The van der Waals surface area contributed by atoms with E-state index in [9.17, 15) is 8.42 Å². The minimum absolute atomic E-state index is 0.263. The van der Waals surface area contributed by atoms with Crippen LogP contribution in [-0.2, 0) is 10.0 Å². The van der Waals surface area contributed by atoms with Gasteiger partial charge >= 0.3 is 0 Å². The van der Waals surface area contributed by atoms with Gasteiger partial charge in [-0.05, 0) is 65.1 Å². The van der Waals surface area contributed by atoms with Crippen molar-refractivity contribution in [3.63, 3.8) is 0 Å². The van der Waals surface area contributed by atoms with Gasteiger partial charge in [-0.2, -0.15) is 5.26 Å². The number of unbranched alkanes of at least 4 members (excludes halogenated alkanes) is 1. The van der Waals surface area contributed by atoms with Gasteiger partial charge in [-0.15, -0.1) is 0 Å². The molecule has 3 aromatic rings. The number of sulfonamides is 1. The summed E-state index contributed by atoms with van der Waals surface area (Å²) in [5.74, 6) is 1.53. The fraction of sp³-hybridized carbons (Fsp3) is 0.370. The van der Waals surface area contributed by atoms with Crippen LogP contribution in [0.4, 0.5) is 0 Å². The normalized spacial score (nSPS) is 20.7. The van der Waals surface area contributed by atoms with E-state index in [1.54, 1.807) is 18.2 Å². The number of furan rings is 1. The molecule has 1 aliphatic carbocycles. The van der Waals surface area contributed by atoms with Crippen molar-refractivity contribution < 1.29 is 12.8 Å². The van der Waals surface area contributed by atoms with Gasteiger partial charge in [0.1, 0.15) is 17.6 Å². The van der Waals surface area contributed by atoms with E-state index < -0.39 is 14.9 Å². The van der Waals surface area contributed by atoms with Crippen molar-refractivity contribution >= 4 is 26.9 Å². The number of primary sulfonamides is 1. The molecule has 5 nitrogen and oxygen atoms in total. The topological polar surface area (TPSA) is 97.1 Å². The first-order chi connectivity index (χ1) is 15.8. The number of hydrogen-bond acceptors (Lipinski definition) is 4. The lowest BCUT2D eigenvalue weighted by atomic mass is 9.88. The molecule has 1 aromatic heterocycles. The molecule has 2 aromatic carbocycles. The number of allylic oxidation sites excluding steroid dienone is 1. The van der Waals surface area contributed by atoms with Crippen LogP contribution in [-0.4, -0.2) is 8.42 Å². The van der Waals surface area contributed by atoms with Gasteiger partial charge in [-0.3, -0.25) is 0 Å². The summed E-state index contributed by atoms with van der Waals surface area (Å²) in [5.41, 5.74) is 2.83. The first-order valence-electron chi connectivity index (χ1n) is 11.6. The van der Waals surface area contributed by atoms with Gasteiger partial charge in [0.2, 0.25) is 10.0 Å². The van der Waals surface area contributed by atoms with Gasteiger partial charge in [0.15, 0.2) is 4.91 Å². The number of nitrogens with two attached hydrogens (primary N) is 1. The highest BCUT2D eigenvalue weighted by Crippen LogP contribution is 2.65. The van der Waals surface area contributed by atoms with Gasteiger partial charge in [0, 0.05) is 11.6 Å². The maximum absolute atomic E-state index is 11.4. The Hall–Kier alpha value is -2.88.